The van der Waals surface area contributed by atoms with Gasteiger partial charge in [0.2, 0.25) is 10.0 Å². The van der Waals surface area contributed by atoms with Gasteiger partial charge in [0, 0.05) is 42.1 Å². The molecular weight excluding hydrogens is 1290 g/mol. The van der Waals surface area contributed by atoms with Crippen molar-refractivity contribution in [3.05, 3.63) is 245 Å². The standard InChI is InChI=1S/C26H26N2O3S.C25H24N2O3S.C24H23N3O4S2/c1-26(2,29)22-7-5-4-6-19(22)17-10-13-23-24(14-17)28-25(27-23)21-15-20(21)16-8-11-18(12-9-16)32(3,30)31;1-15(28)19-5-3-4-6-20(19)17-9-12-23-24(13-17)27-25(26-23)22-14-21(22)16-7-10-18(11-8-16)31(2,29)30;1-32(28,29)17-10-7-15(8-11-17)19-14-20(19)24-25-22-12-9-16(13-23(22)26-24)18-5-3-4-6-21(18)27-33(2,30)31/h4-14,20-21,29H,15H2,1-3H3,(H,27,28);3-13,15,21-22,28H,14H2,1-2H3,(H,26,27);3-13,19-20,27H,14H2,1-2H3,(H,25,26). The van der Waals surface area contributed by atoms with E-state index >= 15 is 0 Å². The number of sulfone groups is 3. The molecule has 0 saturated heterocycles. The zero-order valence-corrected chi connectivity index (χ0v) is 57.1. The molecule has 492 valence electrons. The smallest absolute Gasteiger partial charge is 0.229 e. The molecule has 3 saturated carbocycles. The van der Waals surface area contributed by atoms with Gasteiger partial charge < -0.3 is 25.2 Å². The van der Waals surface area contributed by atoms with E-state index in [1.807, 2.05) is 140 Å². The second kappa shape index (κ2) is 25.2. The summed E-state index contributed by atoms with van der Waals surface area (Å²) in [5.74, 6) is 4.70. The zero-order valence-electron chi connectivity index (χ0n) is 53.9. The molecule has 7 atom stereocenters. The van der Waals surface area contributed by atoms with Crippen molar-refractivity contribution in [3.63, 3.8) is 0 Å². The minimum atomic E-state index is -3.40. The maximum atomic E-state index is 11.7. The summed E-state index contributed by atoms with van der Waals surface area (Å²) in [6.45, 7) is 5.38. The van der Waals surface area contributed by atoms with Crippen molar-refractivity contribution < 1.29 is 43.9 Å². The predicted octanol–water partition coefficient (Wildman–Crippen LogP) is 14.4. The van der Waals surface area contributed by atoms with E-state index in [4.69, 9.17) is 15.0 Å². The van der Waals surface area contributed by atoms with Crippen molar-refractivity contribution in [2.45, 2.75) is 102 Å². The summed E-state index contributed by atoms with van der Waals surface area (Å²) in [7, 11) is -13.0. The van der Waals surface area contributed by atoms with Gasteiger partial charge in [-0.15, -0.1) is 0 Å². The highest BCUT2D eigenvalue weighted by atomic mass is 32.2. The Morgan fingerprint density at radius 2 is 0.760 bits per heavy atom. The van der Waals surface area contributed by atoms with E-state index < -0.39 is 51.2 Å². The van der Waals surface area contributed by atoms with Gasteiger partial charge in [0.05, 0.1) is 71.4 Å². The number of imidazole rings is 3. The molecule has 12 aromatic rings. The molecule has 0 spiro atoms. The second-order valence-electron chi connectivity index (χ2n) is 26.2. The van der Waals surface area contributed by atoms with Crippen molar-refractivity contribution in [2.75, 3.05) is 29.7 Å². The third kappa shape index (κ3) is 14.4. The molecule has 7 unspecified atom stereocenters. The Hall–Kier alpha value is -9.09. The van der Waals surface area contributed by atoms with E-state index in [1.54, 1.807) is 69.3 Å². The van der Waals surface area contributed by atoms with Gasteiger partial charge in [-0.2, -0.15) is 0 Å². The number of aromatic nitrogens is 6. The first-order valence-electron chi connectivity index (χ1n) is 31.6. The van der Waals surface area contributed by atoms with Crippen LogP contribution in [0.4, 0.5) is 5.69 Å². The molecule has 0 amide bonds. The number of H-pyrrole nitrogens is 3. The fourth-order valence-corrected chi connectivity index (χ4v) is 15.5. The van der Waals surface area contributed by atoms with Crippen LogP contribution in [0.1, 0.15) is 127 Å². The molecule has 17 nitrogen and oxygen atoms in total. The Balaban J connectivity index is 0.000000130. The van der Waals surface area contributed by atoms with Gasteiger partial charge in [-0.05, 0) is 192 Å². The zero-order chi connectivity index (χ0) is 67.8. The molecule has 3 heterocycles. The minimum absolute atomic E-state index is 0.254. The number of hydrogen-bond donors (Lipinski definition) is 6. The van der Waals surface area contributed by atoms with Gasteiger partial charge >= 0.3 is 0 Å². The van der Waals surface area contributed by atoms with Crippen LogP contribution in [-0.4, -0.2) is 98.8 Å². The molecule has 3 aliphatic rings. The number of anilines is 1. The highest BCUT2D eigenvalue weighted by molar-refractivity contribution is 7.92. The summed E-state index contributed by atoms with van der Waals surface area (Å²) in [6.07, 6.45) is 7.20. The number of aliphatic hydroxyl groups is 2. The summed E-state index contributed by atoms with van der Waals surface area (Å²) in [5, 5.41) is 20.7. The largest absolute Gasteiger partial charge is 0.389 e. The minimum Gasteiger partial charge on any atom is -0.389 e. The summed E-state index contributed by atoms with van der Waals surface area (Å²) in [5.41, 5.74) is 16.1. The van der Waals surface area contributed by atoms with Crippen LogP contribution in [0.5, 0.6) is 0 Å². The number of aromatic amines is 3. The predicted molar refractivity (Wildman–Crippen MR) is 378 cm³/mol. The fraction of sp³-hybridized carbons (Fsp3) is 0.240. The molecule has 6 N–H and O–H groups in total. The molecular formula is C75H73N7O10S4. The molecule has 96 heavy (non-hydrogen) atoms. The highest BCUT2D eigenvalue weighted by Crippen LogP contribution is 2.56. The van der Waals surface area contributed by atoms with Crippen LogP contribution in [0.3, 0.4) is 0 Å². The molecule has 3 aromatic heterocycles. The summed E-state index contributed by atoms with van der Waals surface area (Å²) in [6, 6.07) is 62.7. The van der Waals surface area contributed by atoms with Crippen LogP contribution in [0, 0.1) is 0 Å². The van der Waals surface area contributed by atoms with Crippen molar-refractivity contribution in [2.24, 2.45) is 0 Å². The maximum Gasteiger partial charge on any atom is 0.229 e. The topological polar surface area (TPSA) is 275 Å². The van der Waals surface area contributed by atoms with Gasteiger partial charge in [0.1, 0.15) is 17.5 Å². The number of aliphatic hydroxyl groups excluding tert-OH is 1. The average molecular weight is 1360 g/mol. The van der Waals surface area contributed by atoms with Crippen molar-refractivity contribution in [3.8, 4) is 33.4 Å². The lowest BCUT2D eigenvalue weighted by Crippen LogP contribution is -2.16. The molecule has 15 rings (SSSR count). The maximum absolute atomic E-state index is 11.7. The van der Waals surface area contributed by atoms with Gasteiger partial charge in [0.25, 0.3) is 0 Å². The quantitative estimate of drug-likeness (QED) is 0.0526. The number of fused-ring (bicyclic) bond motifs is 3. The number of nitrogens with zero attached hydrogens (tertiary/aromatic N) is 3. The van der Waals surface area contributed by atoms with Crippen LogP contribution in [0.25, 0.3) is 66.5 Å². The summed E-state index contributed by atoms with van der Waals surface area (Å²) in [4.78, 5) is 25.8. The van der Waals surface area contributed by atoms with Gasteiger partial charge in [0.15, 0.2) is 29.5 Å². The van der Waals surface area contributed by atoms with Crippen LogP contribution in [-0.2, 0) is 45.1 Å². The number of hydrogen-bond acceptors (Lipinski definition) is 13. The summed E-state index contributed by atoms with van der Waals surface area (Å²) < 4.78 is 96.2. The van der Waals surface area contributed by atoms with E-state index in [2.05, 4.69) is 31.8 Å². The Labute approximate surface area is 559 Å². The Morgan fingerprint density at radius 3 is 1.12 bits per heavy atom. The van der Waals surface area contributed by atoms with E-state index in [-0.39, 0.29) is 5.92 Å². The van der Waals surface area contributed by atoms with Gasteiger partial charge in [-0.25, -0.2) is 48.6 Å². The number of sulfonamides is 1. The third-order valence-corrected chi connectivity index (χ3v) is 22.3. The lowest BCUT2D eigenvalue weighted by atomic mass is 9.89. The van der Waals surface area contributed by atoms with E-state index in [0.29, 0.717) is 50.0 Å². The number of para-hydroxylation sites is 1. The molecule has 9 aromatic carbocycles. The Bertz CT molecular complexity index is 5430. The molecule has 0 radical (unpaired) electrons. The molecule has 3 fully saturated rings. The van der Waals surface area contributed by atoms with Gasteiger partial charge in [-0.3, -0.25) is 4.72 Å². The number of rotatable bonds is 16. The normalized spacial score (nSPS) is 18.8. The first kappa shape index (κ1) is 65.6. The fourth-order valence-electron chi connectivity index (χ4n) is 13.0. The first-order chi connectivity index (χ1) is 45.5. The van der Waals surface area contributed by atoms with Crippen molar-refractivity contribution in [1.82, 2.24) is 29.9 Å². The SMILES string of the molecule is CC(C)(O)c1ccccc1-c1ccc2nc(C3CC3c3ccc(S(C)(=O)=O)cc3)[nH]c2c1.CC(O)c1ccccc1-c1ccc2nc(C3CC3c3ccc(S(C)(=O)=O)cc3)[nH]c2c1.CS(=O)(=O)Nc1ccccc1-c1ccc2nc(C3CC3c3ccc(S(C)(=O)=O)cc3)[nH]c2c1. The van der Waals surface area contributed by atoms with Crippen molar-refractivity contribution in [1.29, 1.82) is 0 Å². The molecule has 3 aliphatic carbocycles. The second-order valence-corrected chi connectivity index (χ2v) is 34.0. The van der Waals surface area contributed by atoms with Gasteiger partial charge in [-0.1, -0.05) is 121 Å². The summed E-state index contributed by atoms with van der Waals surface area (Å²) >= 11 is 0. The lowest BCUT2D eigenvalue weighted by Gasteiger charge is -2.21. The van der Waals surface area contributed by atoms with Crippen LogP contribution in [0.2, 0.25) is 0 Å². The number of benzene rings is 9. The monoisotopic (exact) mass is 1360 g/mol. The van der Waals surface area contributed by atoms with E-state index in [9.17, 15) is 43.9 Å². The average Bonchev–Trinajstić information content (AvgIpc) is 1.60. The van der Waals surface area contributed by atoms with Crippen molar-refractivity contribution >= 4 is 78.3 Å². The number of nitrogens with one attached hydrogen (secondary N) is 4. The molecule has 0 bridgehead atoms. The van der Waals surface area contributed by atoms with E-state index in [0.717, 1.165) is 137 Å². The molecule has 21 heteroatoms. The van der Waals surface area contributed by atoms with Crippen LogP contribution >= 0.6 is 0 Å². The molecule has 0 aliphatic heterocycles. The highest BCUT2D eigenvalue weighted by Gasteiger charge is 2.44. The first-order valence-corrected chi connectivity index (χ1v) is 39.1. The Kier molecular flexibility index (Phi) is 17.2. The van der Waals surface area contributed by atoms with E-state index in [1.165, 1.54) is 18.8 Å². The van der Waals surface area contributed by atoms with Crippen LogP contribution < -0.4 is 4.72 Å². The third-order valence-electron chi connectivity index (χ3n) is 18.3. The lowest BCUT2D eigenvalue weighted by molar-refractivity contribution is 0.0792. The van der Waals surface area contributed by atoms with Crippen LogP contribution in [0.15, 0.2) is 215 Å². The Morgan fingerprint density at radius 1 is 0.427 bits per heavy atom.